The Morgan fingerprint density at radius 1 is 1.28 bits per heavy atom. The maximum Gasteiger partial charge on any atom is 0.259 e. The van der Waals surface area contributed by atoms with Gasteiger partial charge in [0.1, 0.15) is 5.56 Å². The van der Waals surface area contributed by atoms with Crippen LogP contribution in [-0.2, 0) is 7.05 Å². The fourth-order valence-electron chi connectivity index (χ4n) is 2.82. The highest BCUT2D eigenvalue weighted by atomic mass is 16.5. The Labute approximate surface area is 146 Å². The van der Waals surface area contributed by atoms with Gasteiger partial charge in [-0.2, -0.15) is 10.2 Å². The zero-order chi connectivity index (χ0) is 18.0. The lowest BCUT2D eigenvalue weighted by atomic mass is 10.1. The van der Waals surface area contributed by atoms with Crippen molar-refractivity contribution in [3.8, 4) is 11.6 Å². The number of amides is 1. The smallest absolute Gasteiger partial charge is 0.259 e. The molecule has 0 aliphatic carbocycles. The number of carbonyl (C=O) groups is 1. The maximum atomic E-state index is 12.6. The van der Waals surface area contributed by atoms with E-state index in [1.54, 1.807) is 29.5 Å². The van der Waals surface area contributed by atoms with Crippen LogP contribution in [0.3, 0.4) is 0 Å². The molecule has 25 heavy (non-hydrogen) atoms. The quantitative estimate of drug-likeness (QED) is 0.775. The molecule has 1 amide bonds. The largest absolute Gasteiger partial charge is 0.481 e. The van der Waals surface area contributed by atoms with Gasteiger partial charge in [-0.3, -0.25) is 4.79 Å². The zero-order valence-corrected chi connectivity index (χ0v) is 14.7. The van der Waals surface area contributed by atoms with Crippen molar-refractivity contribution < 1.29 is 9.53 Å². The number of methoxy groups -OCH3 is 1. The van der Waals surface area contributed by atoms with Crippen LogP contribution in [0.1, 0.15) is 34.6 Å². The van der Waals surface area contributed by atoms with Crippen molar-refractivity contribution in [1.82, 2.24) is 24.9 Å². The number of ether oxygens (including phenoxy) is 1. The average Bonchev–Trinajstić information content (AvgIpc) is 3.22. The molecule has 3 aromatic rings. The molecular formula is C18H21N5O2. The van der Waals surface area contributed by atoms with E-state index in [2.05, 4.69) is 15.5 Å². The van der Waals surface area contributed by atoms with Crippen LogP contribution in [0, 0.1) is 6.92 Å². The van der Waals surface area contributed by atoms with Crippen LogP contribution in [-0.4, -0.2) is 32.6 Å². The molecule has 7 heteroatoms. The number of carbonyl (C=O) groups excluding carboxylic acids is 1. The van der Waals surface area contributed by atoms with Crippen molar-refractivity contribution in [3.63, 3.8) is 0 Å². The summed E-state index contributed by atoms with van der Waals surface area (Å²) in [6, 6.07) is 9.63. The van der Waals surface area contributed by atoms with Crippen LogP contribution in [0.5, 0.6) is 5.88 Å². The van der Waals surface area contributed by atoms with Crippen molar-refractivity contribution in [2.45, 2.75) is 19.9 Å². The Morgan fingerprint density at radius 3 is 2.60 bits per heavy atom. The summed E-state index contributed by atoms with van der Waals surface area (Å²) in [7, 11) is 3.28. The van der Waals surface area contributed by atoms with Crippen LogP contribution >= 0.6 is 0 Å². The predicted molar refractivity (Wildman–Crippen MR) is 93.9 cm³/mol. The molecule has 2 aromatic heterocycles. The summed E-state index contributed by atoms with van der Waals surface area (Å²) in [5.74, 6) is 0.252. The van der Waals surface area contributed by atoms with E-state index in [-0.39, 0.29) is 11.9 Å². The molecule has 1 unspecified atom stereocenters. The first-order chi connectivity index (χ1) is 12.0. The van der Waals surface area contributed by atoms with Gasteiger partial charge in [-0.1, -0.05) is 12.1 Å². The van der Waals surface area contributed by atoms with Crippen molar-refractivity contribution >= 4 is 5.91 Å². The van der Waals surface area contributed by atoms with Gasteiger partial charge in [0.25, 0.3) is 5.91 Å². The Morgan fingerprint density at radius 2 is 2.00 bits per heavy atom. The summed E-state index contributed by atoms with van der Waals surface area (Å²) in [5, 5.41) is 11.4. The van der Waals surface area contributed by atoms with Crippen LogP contribution < -0.4 is 10.1 Å². The van der Waals surface area contributed by atoms with Crippen molar-refractivity contribution in [3.05, 3.63) is 59.5 Å². The highest BCUT2D eigenvalue weighted by molar-refractivity contribution is 5.97. The number of aryl methyl sites for hydroxylation is 2. The fraction of sp³-hybridized carbons (Fsp3) is 0.278. The summed E-state index contributed by atoms with van der Waals surface area (Å²) in [6.45, 7) is 3.74. The SMILES string of the molecule is COc1c(C(=O)NC(C)c2ccc(-n3cccn3)cc2)c(C)nn1C. The van der Waals surface area contributed by atoms with E-state index in [4.69, 9.17) is 4.74 Å². The minimum atomic E-state index is -0.203. The van der Waals surface area contributed by atoms with Gasteiger partial charge in [0, 0.05) is 19.4 Å². The standard InChI is InChI=1S/C18H21N5O2/c1-12(14-6-8-15(9-7-14)23-11-5-10-19-23)20-17(24)16-13(2)21-22(3)18(16)25-4/h5-12H,1-4H3,(H,20,24). The molecule has 0 aliphatic heterocycles. The number of rotatable bonds is 5. The average molecular weight is 339 g/mol. The molecule has 0 spiro atoms. The molecule has 2 heterocycles. The molecule has 0 saturated carbocycles. The van der Waals surface area contributed by atoms with Crippen molar-refractivity contribution in [1.29, 1.82) is 0 Å². The van der Waals surface area contributed by atoms with Crippen LogP contribution in [0.2, 0.25) is 0 Å². The van der Waals surface area contributed by atoms with Crippen molar-refractivity contribution in [2.24, 2.45) is 7.05 Å². The number of aromatic nitrogens is 4. The number of nitrogens with zero attached hydrogens (tertiary/aromatic N) is 4. The Bertz CT molecular complexity index is 866. The third-order valence-corrected chi connectivity index (χ3v) is 4.10. The number of nitrogens with one attached hydrogen (secondary N) is 1. The molecule has 0 fully saturated rings. The molecule has 7 nitrogen and oxygen atoms in total. The summed E-state index contributed by atoms with van der Waals surface area (Å²) >= 11 is 0. The van der Waals surface area contributed by atoms with E-state index in [0.29, 0.717) is 17.1 Å². The number of benzene rings is 1. The topological polar surface area (TPSA) is 74.0 Å². The Balaban J connectivity index is 1.76. The van der Waals surface area contributed by atoms with E-state index >= 15 is 0 Å². The van der Waals surface area contributed by atoms with Gasteiger partial charge >= 0.3 is 0 Å². The molecule has 1 N–H and O–H groups in total. The summed E-state index contributed by atoms with van der Waals surface area (Å²) in [5.41, 5.74) is 3.07. The minimum absolute atomic E-state index is 0.150. The number of hydrogen-bond acceptors (Lipinski definition) is 4. The van der Waals surface area contributed by atoms with Crippen LogP contribution in [0.4, 0.5) is 0 Å². The summed E-state index contributed by atoms with van der Waals surface area (Å²) in [6.07, 6.45) is 3.62. The monoisotopic (exact) mass is 339 g/mol. The minimum Gasteiger partial charge on any atom is -0.481 e. The van der Waals surface area contributed by atoms with Gasteiger partial charge in [0.2, 0.25) is 5.88 Å². The highest BCUT2D eigenvalue weighted by Gasteiger charge is 2.22. The predicted octanol–water partition coefficient (Wildman–Crippen LogP) is 2.41. The molecule has 0 bridgehead atoms. The second-order valence-corrected chi connectivity index (χ2v) is 5.83. The van der Waals surface area contributed by atoms with Gasteiger partial charge in [-0.25, -0.2) is 9.36 Å². The van der Waals surface area contributed by atoms with Gasteiger partial charge < -0.3 is 10.1 Å². The Hall–Kier alpha value is -3.09. The first-order valence-electron chi connectivity index (χ1n) is 7.99. The third-order valence-electron chi connectivity index (χ3n) is 4.10. The summed E-state index contributed by atoms with van der Waals surface area (Å²) < 4.78 is 8.64. The molecule has 1 atom stereocenters. The first kappa shape index (κ1) is 16.8. The van der Waals surface area contributed by atoms with E-state index in [1.165, 1.54) is 7.11 Å². The molecule has 130 valence electrons. The second kappa shape index (κ2) is 6.80. The molecule has 0 radical (unpaired) electrons. The molecule has 0 saturated heterocycles. The molecule has 3 rings (SSSR count). The molecular weight excluding hydrogens is 318 g/mol. The lowest BCUT2D eigenvalue weighted by Gasteiger charge is -2.15. The normalized spacial score (nSPS) is 12.0. The van der Waals surface area contributed by atoms with Gasteiger partial charge in [0.15, 0.2) is 0 Å². The van der Waals surface area contributed by atoms with E-state index in [9.17, 15) is 4.79 Å². The van der Waals surface area contributed by atoms with Gasteiger partial charge in [-0.05, 0) is 37.6 Å². The third kappa shape index (κ3) is 3.26. The Kier molecular flexibility index (Phi) is 4.56. The van der Waals surface area contributed by atoms with E-state index in [1.807, 2.05) is 43.5 Å². The maximum absolute atomic E-state index is 12.6. The van der Waals surface area contributed by atoms with Crippen LogP contribution in [0.25, 0.3) is 5.69 Å². The zero-order valence-electron chi connectivity index (χ0n) is 14.7. The van der Waals surface area contributed by atoms with E-state index < -0.39 is 0 Å². The second-order valence-electron chi connectivity index (χ2n) is 5.83. The lowest BCUT2D eigenvalue weighted by molar-refractivity contribution is 0.0936. The lowest BCUT2D eigenvalue weighted by Crippen LogP contribution is -2.27. The molecule has 0 aliphatic rings. The summed E-state index contributed by atoms with van der Waals surface area (Å²) in [4.78, 5) is 12.6. The van der Waals surface area contributed by atoms with Crippen molar-refractivity contribution in [2.75, 3.05) is 7.11 Å². The fourth-order valence-corrected chi connectivity index (χ4v) is 2.82. The van der Waals surface area contributed by atoms with Gasteiger partial charge in [0.05, 0.1) is 24.5 Å². The highest BCUT2D eigenvalue weighted by Crippen LogP contribution is 2.22. The van der Waals surface area contributed by atoms with Gasteiger partial charge in [-0.15, -0.1) is 0 Å². The molecule has 1 aromatic carbocycles. The number of hydrogen-bond donors (Lipinski definition) is 1. The first-order valence-corrected chi connectivity index (χ1v) is 7.99. The van der Waals surface area contributed by atoms with Crippen LogP contribution in [0.15, 0.2) is 42.7 Å². The van der Waals surface area contributed by atoms with E-state index in [0.717, 1.165) is 11.3 Å².